The zero-order valence-corrected chi connectivity index (χ0v) is 14.2. The lowest BCUT2D eigenvalue weighted by Gasteiger charge is -2.45. The number of benzene rings is 1. The molecule has 130 valence electrons. The molecule has 6 nitrogen and oxygen atoms in total. The molecule has 3 rings (SSSR count). The molecule has 24 heavy (non-hydrogen) atoms. The van der Waals surface area contributed by atoms with Crippen molar-refractivity contribution in [1.82, 2.24) is 9.80 Å². The molecule has 1 unspecified atom stereocenters. The highest BCUT2D eigenvalue weighted by Crippen LogP contribution is 2.29. The minimum absolute atomic E-state index is 0.0683. The van der Waals surface area contributed by atoms with Crippen molar-refractivity contribution in [3.63, 3.8) is 0 Å². The predicted octanol–water partition coefficient (Wildman–Crippen LogP) is 1.28. The Morgan fingerprint density at radius 2 is 2.04 bits per heavy atom. The van der Waals surface area contributed by atoms with E-state index in [0.717, 1.165) is 6.42 Å². The molecule has 1 N–H and O–H groups in total. The Balaban J connectivity index is 1.76. The van der Waals surface area contributed by atoms with Gasteiger partial charge in [0.1, 0.15) is 11.8 Å². The first-order chi connectivity index (χ1) is 11.4. The van der Waals surface area contributed by atoms with Crippen LogP contribution >= 0.6 is 0 Å². The monoisotopic (exact) mass is 332 g/mol. The number of ether oxygens (including phenoxy) is 1. The molecule has 0 aromatic heterocycles. The van der Waals surface area contributed by atoms with Gasteiger partial charge in [-0.3, -0.25) is 9.59 Å². The number of aliphatic hydroxyl groups is 1. The van der Waals surface area contributed by atoms with Crippen molar-refractivity contribution in [2.24, 2.45) is 0 Å². The Hall–Kier alpha value is -2.08. The highest BCUT2D eigenvalue weighted by atomic mass is 16.5. The van der Waals surface area contributed by atoms with Gasteiger partial charge in [0.05, 0.1) is 30.9 Å². The summed E-state index contributed by atoms with van der Waals surface area (Å²) < 4.78 is 5.54. The summed E-state index contributed by atoms with van der Waals surface area (Å²) in [6.07, 6.45) is 1.48. The Morgan fingerprint density at radius 3 is 2.71 bits per heavy atom. The van der Waals surface area contributed by atoms with Crippen LogP contribution in [0.3, 0.4) is 0 Å². The number of para-hydroxylation sites is 1. The van der Waals surface area contributed by atoms with Crippen molar-refractivity contribution in [3.05, 3.63) is 29.8 Å². The predicted molar refractivity (Wildman–Crippen MR) is 88.9 cm³/mol. The van der Waals surface area contributed by atoms with Crippen LogP contribution in [0.4, 0.5) is 0 Å². The van der Waals surface area contributed by atoms with E-state index in [1.165, 1.54) is 0 Å². The zero-order valence-electron chi connectivity index (χ0n) is 14.2. The van der Waals surface area contributed by atoms with E-state index in [1.807, 2.05) is 13.0 Å². The topological polar surface area (TPSA) is 70.1 Å². The average molecular weight is 332 g/mol. The molecular formula is C18H24N2O4. The molecule has 0 aliphatic carbocycles. The first-order valence-corrected chi connectivity index (χ1v) is 8.47. The van der Waals surface area contributed by atoms with Crippen molar-refractivity contribution >= 4 is 11.8 Å². The largest absolute Gasteiger partial charge is 0.493 e. The summed E-state index contributed by atoms with van der Waals surface area (Å²) in [6, 6.07) is 6.70. The number of β-amino-alcohol motifs (C(OH)–C–C–N with tert-alkyl or cyclic N) is 1. The second-order valence-electron chi connectivity index (χ2n) is 6.78. The van der Waals surface area contributed by atoms with Crippen LogP contribution in [0.1, 0.15) is 37.0 Å². The van der Waals surface area contributed by atoms with Crippen LogP contribution < -0.4 is 4.74 Å². The molecule has 2 aliphatic rings. The SMILES string of the molecule is CCOc1ccccc1C(=O)N1CCCC1C(=O)N1CC(C)(O)C1. The fourth-order valence-electron chi connectivity index (χ4n) is 3.49. The molecule has 2 amide bonds. The average Bonchev–Trinajstić information content (AvgIpc) is 3.01. The lowest BCUT2D eigenvalue weighted by atomic mass is 9.95. The Labute approximate surface area is 142 Å². The molecule has 2 aliphatic heterocycles. The van der Waals surface area contributed by atoms with E-state index in [4.69, 9.17) is 4.74 Å². The Kier molecular flexibility index (Phi) is 4.49. The summed E-state index contributed by atoms with van der Waals surface area (Å²) in [4.78, 5) is 28.9. The Morgan fingerprint density at radius 1 is 1.33 bits per heavy atom. The molecule has 0 bridgehead atoms. The van der Waals surface area contributed by atoms with Crippen molar-refractivity contribution in [2.75, 3.05) is 26.2 Å². The zero-order chi connectivity index (χ0) is 17.3. The van der Waals surface area contributed by atoms with E-state index in [1.54, 1.807) is 34.9 Å². The van der Waals surface area contributed by atoms with Crippen LogP contribution in [-0.2, 0) is 4.79 Å². The first-order valence-electron chi connectivity index (χ1n) is 8.47. The van der Waals surface area contributed by atoms with E-state index in [9.17, 15) is 14.7 Å². The summed E-state index contributed by atoms with van der Waals surface area (Å²) in [7, 11) is 0. The van der Waals surface area contributed by atoms with Crippen molar-refractivity contribution in [2.45, 2.75) is 38.3 Å². The highest BCUT2D eigenvalue weighted by Gasteiger charge is 2.45. The lowest BCUT2D eigenvalue weighted by molar-refractivity contribution is -0.156. The molecule has 2 fully saturated rings. The maximum atomic E-state index is 12.9. The smallest absolute Gasteiger partial charge is 0.258 e. The quantitative estimate of drug-likeness (QED) is 0.902. The third-order valence-electron chi connectivity index (χ3n) is 4.59. The molecule has 2 heterocycles. The normalized spacial score (nSPS) is 22.2. The molecule has 6 heteroatoms. The molecule has 0 saturated carbocycles. The first kappa shape index (κ1) is 16.8. The van der Waals surface area contributed by atoms with Crippen LogP contribution in [0.2, 0.25) is 0 Å². The molecule has 1 aromatic carbocycles. The molecular weight excluding hydrogens is 308 g/mol. The lowest BCUT2D eigenvalue weighted by Crippen LogP contribution is -2.64. The van der Waals surface area contributed by atoms with Gasteiger partial charge in [0.15, 0.2) is 0 Å². The minimum atomic E-state index is -0.801. The fourth-order valence-corrected chi connectivity index (χ4v) is 3.49. The van der Waals surface area contributed by atoms with Gasteiger partial charge in [-0.1, -0.05) is 12.1 Å². The minimum Gasteiger partial charge on any atom is -0.493 e. The summed E-state index contributed by atoms with van der Waals surface area (Å²) in [6.45, 7) is 5.31. The van der Waals surface area contributed by atoms with Crippen molar-refractivity contribution < 1.29 is 19.4 Å². The second kappa shape index (κ2) is 6.43. The number of nitrogens with zero attached hydrogens (tertiary/aromatic N) is 2. The number of amides is 2. The Bertz CT molecular complexity index is 636. The van der Waals surface area contributed by atoms with Gasteiger partial charge in [-0.25, -0.2) is 0 Å². The van der Waals surface area contributed by atoms with E-state index in [-0.39, 0.29) is 11.8 Å². The van der Waals surface area contributed by atoms with Gasteiger partial charge < -0.3 is 19.6 Å². The number of hydrogen-bond acceptors (Lipinski definition) is 4. The molecule has 0 spiro atoms. The third-order valence-corrected chi connectivity index (χ3v) is 4.59. The van der Waals surface area contributed by atoms with E-state index < -0.39 is 11.6 Å². The van der Waals surface area contributed by atoms with Gasteiger partial charge >= 0.3 is 0 Å². The highest BCUT2D eigenvalue weighted by molar-refractivity contribution is 6.00. The summed E-state index contributed by atoms with van der Waals surface area (Å²) in [5.74, 6) is 0.318. The fraction of sp³-hybridized carbons (Fsp3) is 0.556. The van der Waals surface area contributed by atoms with Gasteiger partial charge in [0.25, 0.3) is 5.91 Å². The van der Waals surface area contributed by atoms with Crippen LogP contribution in [0.25, 0.3) is 0 Å². The summed E-state index contributed by atoms with van der Waals surface area (Å²) >= 11 is 0. The number of carbonyl (C=O) groups excluding carboxylic acids is 2. The van der Waals surface area contributed by atoms with Gasteiger partial charge in [-0.15, -0.1) is 0 Å². The number of hydrogen-bond donors (Lipinski definition) is 1. The second-order valence-corrected chi connectivity index (χ2v) is 6.78. The molecule has 2 saturated heterocycles. The van der Waals surface area contributed by atoms with Crippen LogP contribution in [0.15, 0.2) is 24.3 Å². The number of likely N-dealkylation sites (tertiary alicyclic amines) is 2. The van der Waals surface area contributed by atoms with Crippen LogP contribution in [0, 0.1) is 0 Å². The molecule has 0 radical (unpaired) electrons. The van der Waals surface area contributed by atoms with Crippen molar-refractivity contribution in [3.8, 4) is 5.75 Å². The molecule has 1 aromatic rings. The molecule has 1 atom stereocenters. The maximum absolute atomic E-state index is 12.9. The van der Waals surface area contributed by atoms with Crippen LogP contribution in [0.5, 0.6) is 5.75 Å². The van der Waals surface area contributed by atoms with Gasteiger partial charge in [0, 0.05) is 6.54 Å². The van der Waals surface area contributed by atoms with Crippen LogP contribution in [-0.4, -0.2) is 64.6 Å². The van der Waals surface area contributed by atoms with E-state index in [2.05, 4.69) is 0 Å². The third kappa shape index (κ3) is 3.11. The van der Waals surface area contributed by atoms with E-state index >= 15 is 0 Å². The number of carbonyl (C=O) groups is 2. The maximum Gasteiger partial charge on any atom is 0.258 e. The van der Waals surface area contributed by atoms with Crippen molar-refractivity contribution in [1.29, 1.82) is 0 Å². The van der Waals surface area contributed by atoms with Gasteiger partial charge in [0.2, 0.25) is 5.91 Å². The number of rotatable bonds is 4. The van der Waals surface area contributed by atoms with E-state index in [0.29, 0.717) is 44.0 Å². The van der Waals surface area contributed by atoms with Gasteiger partial charge in [-0.05, 0) is 38.8 Å². The van der Waals surface area contributed by atoms with Gasteiger partial charge in [-0.2, -0.15) is 0 Å². The summed E-state index contributed by atoms with van der Waals surface area (Å²) in [5.41, 5.74) is -0.306. The summed E-state index contributed by atoms with van der Waals surface area (Å²) in [5, 5.41) is 9.83. The standard InChI is InChI=1S/C18H24N2O4/c1-3-24-15-9-5-4-7-13(15)16(21)20-10-6-8-14(20)17(22)19-11-18(2,23)12-19/h4-5,7,9,14,23H,3,6,8,10-12H2,1-2H3.